The van der Waals surface area contributed by atoms with E-state index in [1.165, 1.54) is 0 Å². The van der Waals surface area contributed by atoms with E-state index in [0.29, 0.717) is 17.2 Å². The SMILES string of the molecule is C=CC(F)(F)c1c(C)cccc1C. The molecule has 2 heteroatoms. The van der Waals surface area contributed by atoms with Gasteiger partial charge in [-0.3, -0.25) is 0 Å². The zero-order valence-corrected chi connectivity index (χ0v) is 7.77. The highest BCUT2D eigenvalue weighted by Crippen LogP contribution is 2.33. The molecule has 1 aromatic carbocycles. The van der Waals surface area contributed by atoms with Gasteiger partial charge in [-0.15, -0.1) is 0 Å². The standard InChI is InChI=1S/C11H12F2/c1-4-11(12,13)10-8(2)6-5-7-9(10)3/h4-7H,1H2,2-3H3. The first kappa shape index (κ1) is 9.90. The lowest BCUT2D eigenvalue weighted by Gasteiger charge is -2.16. The van der Waals surface area contributed by atoms with E-state index in [-0.39, 0.29) is 5.56 Å². The third kappa shape index (κ3) is 1.77. The Labute approximate surface area is 76.9 Å². The number of rotatable bonds is 2. The van der Waals surface area contributed by atoms with E-state index in [1.807, 2.05) is 0 Å². The van der Waals surface area contributed by atoms with Gasteiger partial charge in [0.25, 0.3) is 5.92 Å². The molecule has 0 amide bonds. The van der Waals surface area contributed by atoms with Crippen molar-refractivity contribution in [2.45, 2.75) is 19.8 Å². The lowest BCUT2D eigenvalue weighted by atomic mass is 9.97. The van der Waals surface area contributed by atoms with E-state index >= 15 is 0 Å². The molecular formula is C11H12F2. The summed E-state index contributed by atoms with van der Waals surface area (Å²) in [4.78, 5) is 0. The fraction of sp³-hybridized carbons (Fsp3) is 0.273. The second-order valence-electron chi connectivity index (χ2n) is 3.09. The van der Waals surface area contributed by atoms with Crippen LogP contribution in [0.25, 0.3) is 0 Å². The molecule has 0 saturated heterocycles. The third-order valence-corrected chi connectivity index (χ3v) is 2.07. The Morgan fingerprint density at radius 3 is 2.08 bits per heavy atom. The van der Waals surface area contributed by atoms with E-state index in [0.717, 1.165) is 0 Å². The number of hydrogen-bond donors (Lipinski definition) is 0. The quantitative estimate of drug-likeness (QED) is 0.613. The molecular weight excluding hydrogens is 170 g/mol. The lowest BCUT2D eigenvalue weighted by Crippen LogP contribution is -2.12. The Bertz CT molecular complexity index is 307. The molecule has 13 heavy (non-hydrogen) atoms. The summed E-state index contributed by atoms with van der Waals surface area (Å²) < 4.78 is 26.6. The minimum Gasteiger partial charge on any atom is -0.197 e. The second kappa shape index (κ2) is 3.29. The van der Waals surface area contributed by atoms with Crippen LogP contribution in [-0.2, 0) is 5.92 Å². The molecule has 0 heterocycles. The van der Waals surface area contributed by atoms with Gasteiger partial charge in [0, 0.05) is 5.56 Å². The van der Waals surface area contributed by atoms with Crippen LogP contribution in [-0.4, -0.2) is 0 Å². The van der Waals surface area contributed by atoms with Crippen LogP contribution < -0.4 is 0 Å². The van der Waals surface area contributed by atoms with Crippen molar-refractivity contribution in [3.63, 3.8) is 0 Å². The van der Waals surface area contributed by atoms with Crippen molar-refractivity contribution in [2.24, 2.45) is 0 Å². The number of alkyl halides is 2. The molecule has 0 N–H and O–H groups in total. The molecule has 0 atom stereocenters. The van der Waals surface area contributed by atoms with Gasteiger partial charge in [-0.2, -0.15) is 8.78 Å². The molecule has 0 aliphatic heterocycles. The summed E-state index contributed by atoms with van der Waals surface area (Å²) >= 11 is 0. The van der Waals surface area contributed by atoms with Crippen LogP contribution in [0.15, 0.2) is 30.9 Å². The van der Waals surface area contributed by atoms with Crippen molar-refractivity contribution in [1.82, 2.24) is 0 Å². The van der Waals surface area contributed by atoms with Gasteiger partial charge in [-0.25, -0.2) is 0 Å². The largest absolute Gasteiger partial charge is 0.291 e. The summed E-state index contributed by atoms with van der Waals surface area (Å²) in [5.41, 5.74) is 1.28. The predicted octanol–water partition coefficient (Wildman–Crippen LogP) is 3.58. The fourth-order valence-electron chi connectivity index (χ4n) is 1.44. The Hall–Kier alpha value is -1.18. The van der Waals surface area contributed by atoms with Crippen LogP contribution >= 0.6 is 0 Å². The molecule has 0 aliphatic rings. The lowest BCUT2D eigenvalue weighted by molar-refractivity contribution is 0.0512. The zero-order valence-electron chi connectivity index (χ0n) is 7.77. The minimum absolute atomic E-state index is 0.0741. The zero-order chi connectivity index (χ0) is 10.1. The average molecular weight is 182 g/mol. The second-order valence-corrected chi connectivity index (χ2v) is 3.09. The number of benzene rings is 1. The molecule has 0 aromatic heterocycles. The first-order chi connectivity index (χ1) is 5.99. The van der Waals surface area contributed by atoms with Gasteiger partial charge in [0.15, 0.2) is 0 Å². The van der Waals surface area contributed by atoms with Gasteiger partial charge >= 0.3 is 0 Å². The van der Waals surface area contributed by atoms with Gasteiger partial charge in [0.2, 0.25) is 0 Å². The third-order valence-electron chi connectivity index (χ3n) is 2.07. The van der Waals surface area contributed by atoms with Crippen molar-refractivity contribution in [1.29, 1.82) is 0 Å². The Balaban J connectivity index is 3.36. The molecule has 0 spiro atoms. The normalized spacial score (nSPS) is 11.4. The van der Waals surface area contributed by atoms with Crippen LogP contribution in [0.3, 0.4) is 0 Å². The highest BCUT2D eigenvalue weighted by Gasteiger charge is 2.30. The Kier molecular flexibility index (Phi) is 2.50. The molecule has 1 aromatic rings. The summed E-state index contributed by atoms with van der Waals surface area (Å²) in [6, 6.07) is 5.13. The summed E-state index contributed by atoms with van der Waals surface area (Å²) in [5.74, 6) is -2.92. The fourth-order valence-corrected chi connectivity index (χ4v) is 1.44. The van der Waals surface area contributed by atoms with Crippen LogP contribution in [0.5, 0.6) is 0 Å². The Morgan fingerprint density at radius 2 is 1.69 bits per heavy atom. The number of hydrogen-bond acceptors (Lipinski definition) is 0. The van der Waals surface area contributed by atoms with Crippen LogP contribution in [0.2, 0.25) is 0 Å². The van der Waals surface area contributed by atoms with Gasteiger partial charge in [0.05, 0.1) is 0 Å². The van der Waals surface area contributed by atoms with Crippen LogP contribution in [0.4, 0.5) is 8.78 Å². The van der Waals surface area contributed by atoms with Gasteiger partial charge in [0.1, 0.15) is 0 Å². The molecule has 70 valence electrons. The molecule has 1 rings (SSSR count). The molecule has 0 bridgehead atoms. The van der Waals surface area contributed by atoms with E-state index in [1.54, 1.807) is 32.0 Å². The van der Waals surface area contributed by atoms with E-state index < -0.39 is 5.92 Å². The molecule has 0 unspecified atom stereocenters. The van der Waals surface area contributed by atoms with Crippen molar-refractivity contribution in [3.8, 4) is 0 Å². The monoisotopic (exact) mass is 182 g/mol. The topological polar surface area (TPSA) is 0 Å². The highest BCUT2D eigenvalue weighted by molar-refractivity contribution is 5.38. The highest BCUT2D eigenvalue weighted by atomic mass is 19.3. The van der Waals surface area contributed by atoms with Crippen LogP contribution in [0, 0.1) is 13.8 Å². The van der Waals surface area contributed by atoms with Gasteiger partial charge < -0.3 is 0 Å². The summed E-state index contributed by atoms with van der Waals surface area (Å²) in [5, 5.41) is 0. The predicted molar refractivity (Wildman–Crippen MR) is 50.0 cm³/mol. The van der Waals surface area contributed by atoms with Crippen molar-refractivity contribution < 1.29 is 8.78 Å². The van der Waals surface area contributed by atoms with Gasteiger partial charge in [-0.05, 0) is 31.1 Å². The number of aryl methyl sites for hydroxylation is 2. The first-order valence-electron chi connectivity index (χ1n) is 4.07. The van der Waals surface area contributed by atoms with E-state index in [4.69, 9.17) is 0 Å². The van der Waals surface area contributed by atoms with Crippen molar-refractivity contribution in [3.05, 3.63) is 47.5 Å². The molecule has 0 nitrogen and oxygen atoms in total. The molecule has 0 aliphatic carbocycles. The maximum Gasteiger partial charge on any atom is 0.291 e. The first-order valence-corrected chi connectivity index (χ1v) is 4.07. The molecule has 0 saturated carbocycles. The van der Waals surface area contributed by atoms with E-state index in [9.17, 15) is 8.78 Å². The smallest absolute Gasteiger partial charge is 0.197 e. The number of allylic oxidation sites excluding steroid dienone is 1. The maximum atomic E-state index is 13.3. The van der Waals surface area contributed by atoms with Crippen molar-refractivity contribution in [2.75, 3.05) is 0 Å². The average Bonchev–Trinajstić information content (AvgIpc) is 2.03. The molecule has 0 radical (unpaired) electrons. The Morgan fingerprint density at radius 1 is 1.23 bits per heavy atom. The van der Waals surface area contributed by atoms with Crippen LogP contribution in [0.1, 0.15) is 16.7 Å². The van der Waals surface area contributed by atoms with Gasteiger partial charge in [-0.1, -0.05) is 24.8 Å². The maximum absolute atomic E-state index is 13.3. The van der Waals surface area contributed by atoms with E-state index in [2.05, 4.69) is 6.58 Å². The van der Waals surface area contributed by atoms with Crippen molar-refractivity contribution >= 4 is 0 Å². The summed E-state index contributed by atoms with van der Waals surface area (Å²) in [7, 11) is 0. The minimum atomic E-state index is -2.92. The molecule has 0 fully saturated rings. The summed E-state index contributed by atoms with van der Waals surface area (Å²) in [6.45, 7) is 6.50. The number of halogens is 2. The summed E-state index contributed by atoms with van der Waals surface area (Å²) in [6.07, 6.45) is 0.683.